The van der Waals surface area contributed by atoms with E-state index < -0.39 is 5.97 Å². The highest BCUT2D eigenvalue weighted by molar-refractivity contribution is 6.37. The molecule has 0 fully saturated rings. The fraction of sp³-hybridized carbons (Fsp3) is 0.182. The molecule has 0 spiro atoms. The van der Waals surface area contributed by atoms with E-state index in [1.54, 1.807) is 6.07 Å². The van der Waals surface area contributed by atoms with Crippen LogP contribution in [0.1, 0.15) is 10.4 Å². The lowest BCUT2D eigenvalue weighted by molar-refractivity contribution is 0.0697. The number of aromatic carboxylic acids is 1. The number of anilines is 1. The molecule has 84 valence electrons. The summed E-state index contributed by atoms with van der Waals surface area (Å²) in [6.07, 6.45) is 3.94. The predicted octanol–water partition coefficient (Wildman–Crippen LogP) is 3.07. The maximum atomic E-state index is 11.1. The molecule has 0 radical (unpaired) electrons. The van der Waals surface area contributed by atoms with Crippen molar-refractivity contribution in [1.82, 2.24) is 0 Å². The fourth-order valence-electron chi connectivity index (χ4n) is 1.71. The Bertz CT molecular complexity index is 463. The van der Waals surface area contributed by atoms with Gasteiger partial charge in [-0.3, -0.25) is 0 Å². The quantitative estimate of drug-likeness (QED) is 0.829. The molecule has 0 bridgehead atoms. The zero-order chi connectivity index (χ0) is 11.7. The summed E-state index contributed by atoms with van der Waals surface area (Å²) in [6.45, 7) is 1.34. The number of halogens is 2. The molecule has 0 saturated heterocycles. The van der Waals surface area contributed by atoms with Crippen LogP contribution in [0.4, 0.5) is 5.69 Å². The van der Waals surface area contributed by atoms with Crippen LogP contribution in [0.2, 0.25) is 10.0 Å². The van der Waals surface area contributed by atoms with Gasteiger partial charge in [0, 0.05) is 18.1 Å². The number of hydrogen-bond acceptors (Lipinski definition) is 2. The van der Waals surface area contributed by atoms with E-state index in [0.717, 1.165) is 0 Å². The summed E-state index contributed by atoms with van der Waals surface area (Å²) in [7, 11) is 0. The minimum absolute atomic E-state index is 0.140. The van der Waals surface area contributed by atoms with Gasteiger partial charge in [-0.1, -0.05) is 35.4 Å². The van der Waals surface area contributed by atoms with Crippen molar-refractivity contribution >= 4 is 34.9 Å². The average molecular weight is 258 g/mol. The van der Waals surface area contributed by atoms with Crippen LogP contribution in [-0.4, -0.2) is 24.2 Å². The van der Waals surface area contributed by atoms with Gasteiger partial charge in [0.2, 0.25) is 0 Å². The number of rotatable bonds is 2. The second kappa shape index (κ2) is 4.36. The normalized spacial score (nSPS) is 14.5. The highest BCUT2D eigenvalue weighted by atomic mass is 35.5. The van der Waals surface area contributed by atoms with Gasteiger partial charge in [0.15, 0.2) is 0 Å². The molecule has 5 heteroatoms. The Hall–Kier alpha value is -1.19. The summed E-state index contributed by atoms with van der Waals surface area (Å²) in [5.74, 6) is -1.02. The SMILES string of the molecule is O=C(O)c1cc(Cl)cc(Cl)c1N1CC=CC1. The summed E-state index contributed by atoms with van der Waals surface area (Å²) in [5, 5.41) is 9.81. The number of benzene rings is 1. The van der Waals surface area contributed by atoms with E-state index in [0.29, 0.717) is 28.8 Å². The highest BCUT2D eigenvalue weighted by Gasteiger charge is 2.20. The van der Waals surface area contributed by atoms with Crippen molar-refractivity contribution in [3.8, 4) is 0 Å². The number of carbonyl (C=O) groups is 1. The molecule has 0 atom stereocenters. The van der Waals surface area contributed by atoms with Crippen molar-refractivity contribution < 1.29 is 9.90 Å². The first-order chi connectivity index (χ1) is 7.59. The first kappa shape index (κ1) is 11.3. The second-order valence-corrected chi connectivity index (χ2v) is 4.31. The lowest BCUT2D eigenvalue weighted by atomic mass is 10.1. The highest BCUT2D eigenvalue weighted by Crippen LogP contribution is 2.34. The van der Waals surface area contributed by atoms with Crippen LogP contribution in [0.25, 0.3) is 0 Å². The summed E-state index contributed by atoms with van der Waals surface area (Å²) in [4.78, 5) is 13.0. The summed E-state index contributed by atoms with van der Waals surface area (Å²) in [5.41, 5.74) is 0.671. The third-order valence-corrected chi connectivity index (χ3v) is 2.90. The molecule has 0 unspecified atom stereocenters. The number of nitrogens with zero attached hydrogens (tertiary/aromatic N) is 1. The molecule has 0 aromatic heterocycles. The standard InChI is InChI=1S/C11H9Cl2NO2/c12-7-5-8(11(15)16)10(9(13)6-7)14-3-1-2-4-14/h1-2,5-6H,3-4H2,(H,15,16). The number of hydrogen-bond donors (Lipinski definition) is 1. The minimum atomic E-state index is -1.02. The molecule has 1 heterocycles. The molecule has 1 aliphatic rings. The minimum Gasteiger partial charge on any atom is -0.478 e. The zero-order valence-electron chi connectivity index (χ0n) is 8.28. The summed E-state index contributed by atoms with van der Waals surface area (Å²) in [6, 6.07) is 2.98. The molecule has 3 nitrogen and oxygen atoms in total. The lowest BCUT2D eigenvalue weighted by Crippen LogP contribution is -2.21. The lowest BCUT2D eigenvalue weighted by Gasteiger charge is -2.21. The van der Waals surface area contributed by atoms with Crippen LogP contribution in [-0.2, 0) is 0 Å². The summed E-state index contributed by atoms with van der Waals surface area (Å²) >= 11 is 11.8. The first-order valence-corrected chi connectivity index (χ1v) is 5.47. The van der Waals surface area contributed by atoms with Crippen LogP contribution >= 0.6 is 23.2 Å². The van der Waals surface area contributed by atoms with E-state index in [4.69, 9.17) is 28.3 Å². The van der Waals surface area contributed by atoms with Gasteiger partial charge in [-0.2, -0.15) is 0 Å². The molecular weight excluding hydrogens is 249 g/mol. The topological polar surface area (TPSA) is 40.5 Å². The van der Waals surface area contributed by atoms with Crippen LogP contribution in [0.5, 0.6) is 0 Å². The van der Waals surface area contributed by atoms with Crippen LogP contribution in [0.3, 0.4) is 0 Å². The fourth-order valence-corrected chi connectivity index (χ4v) is 2.32. The molecule has 1 aromatic carbocycles. The van der Waals surface area contributed by atoms with Gasteiger partial charge in [-0.15, -0.1) is 0 Å². The van der Waals surface area contributed by atoms with Crippen molar-refractivity contribution in [2.75, 3.05) is 18.0 Å². The van der Waals surface area contributed by atoms with Gasteiger partial charge in [0.1, 0.15) is 0 Å². The Morgan fingerprint density at radius 2 is 1.88 bits per heavy atom. The zero-order valence-corrected chi connectivity index (χ0v) is 9.79. The largest absolute Gasteiger partial charge is 0.478 e. The molecule has 0 aliphatic carbocycles. The Morgan fingerprint density at radius 3 is 2.44 bits per heavy atom. The molecule has 0 amide bonds. The third-order valence-electron chi connectivity index (χ3n) is 2.39. The Labute approximate surface area is 103 Å². The van der Waals surface area contributed by atoms with E-state index in [2.05, 4.69) is 0 Å². The Morgan fingerprint density at radius 1 is 1.25 bits per heavy atom. The Kier molecular flexibility index (Phi) is 3.08. The smallest absolute Gasteiger partial charge is 0.337 e. The van der Waals surface area contributed by atoms with Gasteiger partial charge < -0.3 is 10.0 Å². The van der Waals surface area contributed by atoms with Gasteiger partial charge in [-0.05, 0) is 12.1 Å². The molecule has 1 aliphatic heterocycles. The van der Waals surface area contributed by atoms with Crippen molar-refractivity contribution in [3.05, 3.63) is 39.9 Å². The molecule has 1 N–H and O–H groups in total. The maximum Gasteiger partial charge on any atom is 0.337 e. The molecular formula is C11H9Cl2NO2. The van der Waals surface area contributed by atoms with E-state index >= 15 is 0 Å². The molecule has 0 saturated carbocycles. The van der Waals surface area contributed by atoms with Crippen molar-refractivity contribution in [1.29, 1.82) is 0 Å². The van der Waals surface area contributed by atoms with Gasteiger partial charge in [-0.25, -0.2) is 4.79 Å². The predicted molar refractivity (Wildman–Crippen MR) is 64.8 cm³/mol. The van der Waals surface area contributed by atoms with E-state index in [9.17, 15) is 4.79 Å². The van der Waals surface area contributed by atoms with Gasteiger partial charge in [0.05, 0.1) is 16.3 Å². The van der Waals surface area contributed by atoms with Gasteiger partial charge >= 0.3 is 5.97 Å². The van der Waals surface area contributed by atoms with E-state index in [1.165, 1.54) is 6.07 Å². The van der Waals surface area contributed by atoms with Crippen molar-refractivity contribution in [3.63, 3.8) is 0 Å². The van der Waals surface area contributed by atoms with Crippen molar-refractivity contribution in [2.45, 2.75) is 0 Å². The van der Waals surface area contributed by atoms with E-state index in [1.807, 2.05) is 17.1 Å². The maximum absolute atomic E-state index is 11.1. The van der Waals surface area contributed by atoms with Crippen LogP contribution in [0, 0.1) is 0 Å². The number of carboxylic acids is 1. The third kappa shape index (κ3) is 2.01. The van der Waals surface area contributed by atoms with Gasteiger partial charge in [0.25, 0.3) is 0 Å². The number of carboxylic acid groups (broad SMARTS) is 1. The summed E-state index contributed by atoms with van der Waals surface area (Å²) < 4.78 is 0. The van der Waals surface area contributed by atoms with E-state index in [-0.39, 0.29) is 5.56 Å². The average Bonchev–Trinajstić information content (AvgIpc) is 2.69. The first-order valence-electron chi connectivity index (χ1n) is 4.72. The Balaban J connectivity index is 2.52. The second-order valence-electron chi connectivity index (χ2n) is 3.47. The van der Waals surface area contributed by atoms with Crippen LogP contribution in [0.15, 0.2) is 24.3 Å². The monoisotopic (exact) mass is 257 g/mol. The van der Waals surface area contributed by atoms with Crippen molar-refractivity contribution in [2.24, 2.45) is 0 Å². The molecule has 16 heavy (non-hydrogen) atoms. The van der Waals surface area contributed by atoms with Crippen LogP contribution < -0.4 is 4.90 Å². The molecule has 1 aromatic rings. The molecule has 2 rings (SSSR count).